The molecule has 57 heavy (non-hydrogen) atoms. The highest BCUT2D eigenvalue weighted by Crippen LogP contribution is 2.37. The van der Waals surface area contributed by atoms with E-state index in [-0.39, 0.29) is 0 Å². The first-order valence-electron chi connectivity index (χ1n) is 18.8. The van der Waals surface area contributed by atoms with Crippen LogP contribution in [0.15, 0.2) is 170 Å². The molecule has 7 aromatic heterocycles. The fourth-order valence-electron chi connectivity index (χ4n) is 7.11. The van der Waals surface area contributed by atoms with Gasteiger partial charge in [-0.05, 0) is 80.2 Å². The molecule has 9 rings (SSSR count). The highest BCUT2D eigenvalue weighted by molar-refractivity contribution is 6.13. The first kappa shape index (κ1) is 35.2. The summed E-state index contributed by atoms with van der Waals surface area (Å²) < 4.78 is 4.33. The molecule has 0 aliphatic rings. The Kier molecular flexibility index (Phi) is 9.66. The summed E-state index contributed by atoms with van der Waals surface area (Å²) >= 11 is 0. The van der Waals surface area contributed by atoms with Crippen molar-refractivity contribution in [2.75, 3.05) is 13.6 Å². The third kappa shape index (κ3) is 6.86. The minimum atomic E-state index is 0.537. The third-order valence-electron chi connectivity index (χ3n) is 9.70. The monoisotopic (exact) mass is 742 g/mol. The molecular formula is C47H38N10. The number of para-hydroxylation sites is 2. The lowest BCUT2D eigenvalue weighted by Crippen LogP contribution is -2.04. The van der Waals surface area contributed by atoms with Gasteiger partial charge in [0.1, 0.15) is 11.0 Å². The predicted octanol–water partition coefficient (Wildman–Crippen LogP) is 9.16. The molecule has 7 heterocycles. The molecule has 10 heteroatoms. The zero-order valence-electron chi connectivity index (χ0n) is 31.2. The van der Waals surface area contributed by atoms with Gasteiger partial charge in [0.2, 0.25) is 0 Å². The first-order chi connectivity index (χ1) is 28.2. The number of nitrogens with zero attached hydrogens (tertiary/aromatic N) is 8. The standard InChI is InChI=1S/C47H38N10/c1-49-25-13-4-2-3-5-17-32(29-36(48)37-20-10-14-26-50-37)56-42-23-8-6-18-34(42)44-46(56)55-47-45(54-44)35-19-7-9-24-43(35)57(47)33-30-40(38-21-11-15-27-51-38)53-41(31-33)39-22-12-16-28-52-39/h2-4,6-24,26-31,49H,5,25,48H2,1H3/b3-2+,13-4-,32-17+,36-29-. The summed E-state index contributed by atoms with van der Waals surface area (Å²) in [4.78, 5) is 29.9. The molecule has 0 unspecified atom stereocenters. The Hall–Kier alpha value is -7.56. The van der Waals surface area contributed by atoms with E-state index in [1.54, 1.807) is 18.6 Å². The zero-order valence-corrected chi connectivity index (χ0v) is 31.2. The largest absolute Gasteiger partial charge is 0.397 e. The van der Waals surface area contributed by atoms with Crippen molar-refractivity contribution in [3.05, 3.63) is 176 Å². The fourth-order valence-corrected chi connectivity index (χ4v) is 7.11. The summed E-state index contributed by atoms with van der Waals surface area (Å²) in [6.45, 7) is 0.800. The molecule has 3 N–H and O–H groups in total. The number of hydrogen-bond donors (Lipinski definition) is 2. The number of fused-ring (bicyclic) bond motifs is 6. The lowest BCUT2D eigenvalue weighted by Gasteiger charge is -2.13. The maximum Gasteiger partial charge on any atom is 0.166 e. The van der Waals surface area contributed by atoms with Crippen LogP contribution in [0.25, 0.3) is 84.0 Å². The van der Waals surface area contributed by atoms with Gasteiger partial charge in [0.05, 0.1) is 50.9 Å². The Balaban J connectivity index is 1.32. The number of rotatable bonds is 11. The quantitative estimate of drug-likeness (QED) is 0.126. The van der Waals surface area contributed by atoms with Crippen LogP contribution in [0.5, 0.6) is 0 Å². The van der Waals surface area contributed by atoms with Crippen LogP contribution in [0.2, 0.25) is 0 Å². The van der Waals surface area contributed by atoms with E-state index in [0.29, 0.717) is 29.1 Å². The van der Waals surface area contributed by atoms with Gasteiger partial charge in [-0.25, -0.2) is 15.0 Å². The predicted molar refractivity (Wildman–Crippen MR) is 231 cm³/mol. The number of hydrogen-bond acceptors (Lipinski definition) is 8. The summed E-state index contributed by atoms with van der Waals surface area (Å²) in [5, 5.41) is 5.11. The maximum absolute atomic E-state index is 6.79. The Morgan fingerprint density at radius 3 is 1.91 bits per heavy atom. The Morgan fingerprint density at radius 2 is 1.25 bits per heavy atom. The van der Waals surface area contributed by atoms with Crippen molar-refractivity contribution in [3.8, 4) is 28.5 Å². The van der Waals surface area contributed by atoms with Crippen LogP contribution in [-0.4, -0.2) is 52.6 Å². The molecule has 0 spiro atoms. The van der Waals surface area contributed by atoms with Crippen molar-refractivity contribution in [2.45, 2.75) is 6.42 Å². The van der Waals surface area contributed by atoms with Crippen LogP contribution in [0.1, 0.15) is 12.1 Å². The van der Waals surface area contributed by atoms with E-state index in [2.05, 4.69) is 90.1 Å². The van der Waals surface area contributed by atoms with Gasteiger partial charge in [0.15, 0.2) is 11.3 Å². The molecule has 0 fully saturated rings. The van der Waals surface area contributed by atoms with E-state index in [9.17, 15) is 0 Å². The van der Waals surface area contributed by atoms with Crippen molar-refractivity contribution in [3.63, 3.8) is 0 Å². The summed E-state index contributed by atoms with van der Waals surface area (Å²) in [6.07, 6.45) is 18.4. The highest BCUT2D eigenvalue weighted by atomic mass is 15.1. The molecule has 0 bridgehead atoms. The second-order valence-corrected chi connectivity index (χ2v) is 13.4. The van der Waals surface area contributed by atoms with Gasteiger partial charge < -0.3 is 11.1 Å². The van der Waals surface area contributed by atoms with Crippen LogP contribution in [0, 0.1) is 0 Å². The van der Waals surface area contributed by atoms with Gasteiger partial charge in [0, 0.05) is 41.6 Å². The maximum atomic E-state index is 6.79. The van der Waals surface area contributed by atoms with E-state index in [1.165, 1.54) is 0 Å². The average Bonchev–Trinajstić information content (AvgIpc) is 3.77. The van der Waals surface area contributed by atoms with Crippen molar-refractivity contribution in [1.82, 2.24) is 44.4 Å². The number of aromatic nitrogens is 8. The summed E-state index contributed by atoms with van der Waals surface area (Å²) in [5.74, 6) is 0. The van der Waals surface area contributed by atoms with Crippen LogP contribution >= 0.6 is 0 Å². The fraction of sp³-hybridized carbons (Fsp3) is 0.0638. The minimum absolute atomic E-state index is 0.537. The third-order valence-corrected chi connectivity index (χ3v) is 9.70. The summed E-state index contributed by atoms with van der Waals surface area (Å²) in [7, 11) is 1.93. The molecule has 0 aliphatic heterocycles. The molecule has 276 valence electrons. The number of nitrogens with one attached hydrogen (secondary N) is 1. The van der Waals surface area contributed by atoms with Crippen molar-refractivity contribution >= 4 is 55.5 Å². The summed E-state index contributed by atoms with van der Waals surface area (Å²) in [6, 6.07) is 38.1. The molecule has 9 aromatic rings. The van der Waals surface area contributed by atoms with E-state index < -0.39 is 0 Å². The highest BCUT2D eigenvalue weighted by Gasteiger charge is 2.22. The molecule has 0 amide bonds. The number of benzene rings is 2. The van der Waals surface area contributed by atoms with Crippen LogP contribution in [-0.2, 0) is 0 Å². The van der Waals surface area contributed by atoms with Gasteiger partial charge in [0.25, 0.3) is 0 Å². The molecule has 0 radical (unpaired) electrons. The first-order valence-corrected chi connectivity index (χ1v) is 18.8. The Labute approximate surface area is 329 Å². The lowest BCUT2D eigenvalue weighted by molar-refractivity contribution is 0.920. The minimum Gasteiger partial charge on any atom is -0.397 e. The van der Waals surface area contributed by atoms with Crippen LogP contribution < -0.4 is 11.1 Å². The van der Waals surface area contributed by atoms with E-state index in [4.69, 9.17) is 20.7 Å². The van der Waals surface area contributed by atoms with E-state index in [0.717, 1.165) is 73.5 Å². The molecule has 0 aliphatic carbocycles. The van der Waals surface area contributed by atoms with E-state index >= 15 is 0 Å². The lowest BCUT2D eigenvalue weighted by atomic mass is 10.1. The second kappa shape index (κ2) is 15.7. The second-order valence-electron chi connectivity index (χ2n) is 13.4. The van der Waals surface area contributed by atoms with Gasteiger partial charge in [-0.3, -0.25) is 24.1 Å². The number of allylic oxidation sites excluding steroid dienone is 6. The summed E-state index contributed by atoms with van der Waals surface area (Å²) in [5.41, 5.74) is 17.6. The molecule has 10 nitrogen and oxygen atoms in total. The number of likely N-dealkylation sites (N-methyl/N-ethyl adjacent to an activating group) is 1. The van der Waals surface area contributed by atoms with Crippen LogP contribution in [0.3, 0.4) is 0 Å². The van der Waals surface area contributed by atoms with E-state index in [1.807, 2.05) is 98.1 Å². The average molecular weight is 743 g/mol. The Morgan fingerprint density at radius 1 is 0.632 bits per heavy atom. The topological polar surface area (TPSA) is 125 Å². The van der Waals surface area contributed by atoms with Gasteiger partial charge >= 0.3 is 0 Å². The van der Waals surface area contributed by atoms with Crippen LogP contribution in [0.4, 0.5) is 0 Å². The van der Waals surface area contributed by atoms with Gasteiger partial charge in [-0.1, -0.05) is 85.0 Å². The zero-order chi connectivity index (χ0) is 38.6. The van der Waals surface area contributed by atoms with Crippen molar-refractivity contribution in [2.24, 2.45) is 5.73 Å². The van der Waals surface area contributed by atoms with Gasteiger partial charge in [-0.2, -0.15) is 0 Å². The molecule has 0 atom stereocenters. The SMILES string of the molecule is CNC/C=C\C=C\C/C=C(\C=C(/N)c1ccccn1)n1c2ccccc2c2nc3c4ccccc4n(-c4cc(-c5ccccn5)nc(-c5ccccn5)c4)c3nc21. The molecular weight excluding hydrogens is 705 g/mol. The molecule has 2 aromatic carbocycles. The Bertz CT molecular complexity index is 2940. The number of pyridine rings is 4. The normalized spacial score (nSPS) is 12.6. The smallest absolute Gasteiger partial charge is 0.166 e. The molecule has 0 saturated heterocycles. The van der Waals surface area contributed by atoms with Crippen molar-refractivity contribution < 1.29 is 0 Å². The number of nitrogens with two attached hydrogens (primary N) is 1. The van der Waals surface area contributed by atoms with Gasteiger partial charge in [-0.15, -0.1) is 0 Å². The molecule has 0 saturated carbocycles. The van der Waals surface area contributed by atoms with Crippen molar-refractivity contribution in [1.29, 1.82) is 0 Å².